The van der Waals surface area contributed by atoms with Gasteiger partial charge >= 0.3 is 0 Å². The van der Waals surface area contributed by atoms with Crippen molar-refractivity contribution >= 4 is 0 Å². The lowest BCUT2D eigenvalue weighted by molar-refractivity contribution is 0.306. The van der Waals surface area contributed by atoms with Crippen molar-refractivity contribution in [2.24, 2.45) is 0 Å². The molecule has 0 aliphatic carbocycles. The van der Waals surface area contributed by atoms with E-state index in [1.54, 1.807) is 7.11 Å². The molecule has 2 heteroatoms. The molecule has 0 unspecified atom stereocenters. The first-order valence-electron chi connectivity index (χ1n) is 7.18. The van der Waals surface area contributed by atoms with Gasteiger partial charge in [-0.2, -0.15) is 0 Å². The predicted octanol–water partition coefficient (Wildman–Crippen LogP) is 4.74. The van der Waals surface area contributed by atoms with E-state index in [9.17, 15) is 0 Å². The molecule has 0 aromatic heterocycles. The fourth-order valence-corrected chi connectivity index (χ4v) is 2.19. The van der Waals surface area contributed by atoms with Crippen LogP contribution in [0.5, 0.6) is 11.5 Å². The van der Waals surface area contributed by atoms with E-state index in [0.717, 1.165) is 28.2 Å². The Morgan fingerprint density at radius 2 is 1.55 bits per heavy atom. The summed E-state index contributed by atoms with van der Waals surface area (Å²) >= 11 is 0. The Hall–Kier alpha value is -2.74. The van der Waals surface area contributed by atoms with E-state index < -0.39 is 0 Å². The molecule has 0 atom stereocenters. The third kappa shape index (κ3) is 3.47. The van der Waals surface area contributed by atoms with Crippen molar-refractivity contribution in [3.8, 4) is 22.6 Å². The van der Waals surface area contributed by atoms with Crippen LogP contribution in [0.1, 0.15) is 5.56 Å². The molecule has 0 aliphatic rings. The second-order valence-corrected chi connectivity index (χ2v) is 4.94. The average molecular weight is 289 g/mol. The quantitative estimate of drug-likeness (QED) is 0.675. The molecular formula is C20H17O2. The normalized spacial score (nSPS) is 10.2. The summed E-state index contributed by atoms with van der Waals surface area (Å²) in [6.07, 6.45) is 0. The number of methoxy groups -OCH3 is 1. The van der Waals surface area contributed by atoms with Crippen LogP contribution in [0.25, 0.3) is 11.1 Å². The first-order chi connectivity index (χ1) is 10.8. The van der Waals surface area contributed by atoms with E-state index in [4.69, 9.17) is 9.47 Å². The van der Waals surface area contributed by atoms with E-state index in [2.05, 4.69) is 18.2 Å². The summed E-state index contributed by atoms with van der Waals surface area (Å²) in [6, 6.07) is 27.2. The van der Waals surface area contributed by atoms with Crippen LogP contribution in [-0.4, -0.2) is 7.11 Å². The first kappa shape index (κ1) is 14.2. The van der Waals surface area contributed by atoms with Crippen molar-refractivity contribution < 1.29 is 9.47 Å². The highest BCUT2D eigenvalue weighted by atomic mass is 16.5. The Kier molecular flexibility index (Phi) is 4.40. The molecule has 109 valence electrons. The molecule has 0 saturated heterocycles. The predicted molar refractivity (Wildman–Crippen MR) is 88.0 cm³/mol. The van der Waals surface area contributed by atoms with Crippen molar-refractivity contribution in [3.63, 3.8) is 0 Å². The molecule has 0 aliphatic heterocycles. The van der Waals surface area contributed by atoms with Crippen LogP contribution in [-0.2, 0) is 6.61 Å². The molecule has 22 heavy (non-hydrogen) atoms. The Bertz CT molecular complexity index is 701. The van der Waals surface area contributed by atoms with E-state index >= 15 is 0 Å². The van der Waals surface area contributed by atoms with Crippen LogP contribution in [0.3, 0.4) is 0 Å². The Morgan fingerprint density at radius 1 is 0.818 bits per heavy atom. The highest BCUT2D eigenvalue weighted by Gasteiger charge is 2.00. The van der Waals surface area contributed by atoms with Crippen LogP contribution in [0.2, 0.25) is 0 Å². The molecule has 1 radical (unpaired) electrons. The molecule has 3 aromatic rings. The van der Waals surface area contributed by atoms with Gasteiger partial charge in [0, 0.05) is 0 Å². The summed E-state index contributed by atoms with van der Waals surface area (Å²) in [4.78, 5) is 0. The maximum atomic E-state index is 5.79. The van der Waals surface area contributed by atoms with E-state index in [1.165, 1.54) is 0 Å². The molecule has 3 aromatic carbocycles. The van der Waals surface area contributed by atoms with Gasteiger partial charge in [0.1, 0.15) is 18.1 Å². The molecule has 0 fully saturated rings. The lowest BCUT2D eigenvalue weighted by Crippen LogP contribution is -1.94. The highest BCUT2D eigenvalue weighted by Crippen LogP contribution is 2.24. The third-order valence-corrected chi connectivity index (χ3v) is 3.43. The topological polar surface area (TPSA) is 18.5 Å². The number of hydrogen-bond acceptors (Lipinski definition) is 2. The molecule has 0 N–H and O–H groups in total. The van der Waals surface area contributed by atoms with Gasteiger partial charge in [0.15, 0.2) is 0 Å². The molecule has 0 saturated carbocycles. The highest BCUT2D eigenvalue weighted by molar-refractivity contribution is 5.64. The maximum Gasteiger partial charge on any atom is 0.119 e. The van der Waals surface area contributed by atoms with Gasteiger partial charge in [0.05, 0.1) is 7.11 Å². The van der Waals surface area contributed by atoms with Gasteiger partial charge in [-0.05, 0) is 47.0 Å². The second-order valence-electron chi connectivity index (χ2n) is 4.94. The monoisotopic (exact) mass is 289 g/mol. The Morgan fingerprint density at radius 3 is 2.18 bits per heavy atom. The molecule has 2 nitrogen and oxygen atoms in total. The van der Waals surface area contributed by atoms with Crippen LogP contribution < -0.4 is 9.47 Å². The van der Waals surface area contributed by atoms with E-state index in [-0.39, 0.29) is 0 Å². The van der Waals surface area contributed by atoms with Crippen LogP contribution in [0, 0.1) is 6.07 Å². The minimum Gasteiger partial charge on any atom is -0.497 e. The SMILES string of the molecule is COc1c[c]c(-c2ccc(OCc3ccccc3)cc2)cc1. The standard InChI is InChI=1S/C20H17O2/c1-21-19-11-7-17(8-12-19)18-9-13-20(14-10-18)22-15-16-5-3-2-4-6-16/h2-7,9-14H,15H2,1H3. The number of ether oxygens (including phenoxy) is 2. The largest absolute Gasteiger partial charge is 0.497 e. The minimum absolute atomic E-state index is 0.578. The summed E-state index contributed by atoms with van der Waals surface area (Å²) < 4.78 is 10.9. The first-order valence-corrected chi connectivity index (χ1v) is 7.18. The number of hydrogen-bond donors (Lipinski definition) is 0. The Labute approximate surface area is 131 Å². The average Bonchev–Trinajstić information content (AvgIpc) is 2.61. The summed E-state index contributed by atoms with van der Waals surface area (Å²) in [7, 11) is 1.65. The van der Waals surface area contributed by atoms with E-state index in [1.807, 2.05) is 60.7 Å². The van der Waals surface area contributed by atoms with E-state index in [0.29, 0.717) is 6.61 Å². The summed E-state index contributed by atoms with van der Waals surface area (Å²) in [6.45, 7) is 0.578. The van der Waals surface area contributed by atoms with Gasteiger partial charge in [-0.25, -0.2) is 0 Å². The van der Waals surface area contributed by atoms with Crippen LogP contribution in [0.4, 0.5) is 0 Å². The molecule has 0 spiro atoms. The van der Waals surface area contributed by atoms with Crippen LogP contribution in [0.15, 0.2) is 72.8 Å². The zero-order valence-electron chi connectivity index (χ0n) is 12.5. The number of rotatable bonds is 5. The molecule has 0 heterocycles. The fourth-order valence-electron chi connectivity index (χ4n) is 2.19. The van der Waals surface area contributed by atoms with Crippen molar-refractivity contribution in [2.75, 3.05) is 7.11 Å². The third-order valence-electron chi connectivity index (χ3n) is 3.43. The second kappa shape index (κ2) is 6.81. The molecule has 3 rings (SSSR count). The minimum atomic E-state index is 0.578. The van der Waals surface area contributed by atoms with Gasteiger partial charge in [0.2, 0.25) is 0 Å². The van der Waals surface area contributed by atoms with Crippen molar-refractivity contribution in [1.29, 1.82) is 0 Å². The van der Waals surface area contributed by atoms with Crippen LogP contribution >= 0.6 is 0 Å². The lowest BCUT2D eigenvalue weighted by atomic mass is 10.1. The van der Waals surface area contributed by atoms with Gasteiger partial charge in [0.25, 0.3) is 0 Å². The summed E-state index contributed by atoms with van der Waals surface area (Å²) in [5.74, 6) is 1.67. The molecular weight excluding hydrogens is 272 g/mol. The molecule has 0 amide bonds. The number of benzene rings is 3. The summed E-state index contributed by atoms with van der Waals surface area (Å²) in [5, 5.41) is 0. The smallest absolute Gasteiger partial charge is 0.119 e. The van der Waals surface area contributed by atoms with Crippen molar-refractivity contribution in [3.05, 3.63) is 84.4 Å². The zero-order chi connectivity index (χ0) is 15.2. The Balaban J connectivity index is 1.67. The molecule has 0 bridgehead atoms. The maximum absolute atomic E-state index is 5.79. The zero-order valence-corrected chi connectivity index (χ0v) is 12.5. The lowest BCUT2D eigenvalue weighted by Gasteiger charge is -2.08. The van der Waals surface area contributed by atoms with Crippen molar-refractivity contribution in [2.45, 2.75) is 6.61 Å². The summed E-state index contributed by atoms with van der Waals surface area (Å²) in [5.41, 5.74) is 3.31. The van der Waals surface area contributed by atoms with Gasteiger partial charge in [-0.3, -0.25) is 0 Å². The van der Waals surface area contributed by atoms with Gasteiger partial charge in [-0.1, -0.05) is 48.5 Å². The van der Waals surface area contributed by atoms with Crippen molar-refractivity contribution in [1.82, 2.24) is 0 Å². The van der Waals surface area contributed by atoms with Gasteiger partial charge in [-0.15, -0.1) is 0 Å². The van der Waals surface area contributed by atoms with Gasteiger partial charge < -0.3 is 9.47 Å². The fraction of sp³-hybridized carbons (Fsp3) is 0.100.